The molecule has 1 aromatic carbocycles. The number of benzene rings is 1. The first-order chi connectivity index (χ1) is 8.04. The molecule has 0 aliphatic heterocycles. The molecule has 90 valence electrons. The summed E-state index contributed by atoms with van der Waals surface area (Å²) in [5.41, 5.74) is 2.35. The lowest BCUT2D eigenvalue weighted by Crippen LogP contribution is -2.04. The molecule has 1 nitrogen and oxygen atoms in total. The second kappa shape index (κ2) is 5.42. The Kier molecular flexibility index (Phi) is 4.13. The highest BCUT2D eigenvalue weighted by molar-refractivity contribution is 9.10. The van der Waals surface area contributed by atoms with Gasteiger partial charge in [0.05, 0.1) is 10.4 Å². The third-order valence-electron chi connectivity index (χ3n) is 2.45. The van der Waals surface area contributed by atoms with E-state index in [0.717, 1.165) is 14.5 Å². The molecule has 1 heterocycles. The highest BCUT2D eigenvalue weighted by atomic mass is 79.9. The molecule has 1 N–H and O–H groups in total. The average Bonchev–Trinajstić information content (AvgIpc) is 2.63. The van der Waals surface area contributed by atoms with Crippen LogP contribution >= 0.6 is 38.9 Å². The van der Waals surface area contributed by atoms with Crippen LogP contribution in [-0.2, 0) is 0 Å². The second-order valence-electron chi connectivity index (χ2n) is 4.03. The Balaban J connectivity index is 2.15. The van der Waals surface area contributed by atoms with Crippen molar-refractivity contribution in [3.05, 3.63) is 49.6 Å². The van der Waals surface area contributed by atoms with Crippen molar-refractivity contribution >= 4 is 44.6 Å². The van der Waals surface area contributed by atoms with Crippen molar-refractivity contribution in [3.8, 4) is 0 Å². The van der Waals surface area contributed by atoms with Gasteiger partial charge in [-0.05, 0) is 49.7 Å². The van der Waals surface area contributed by atoms with Crippen LogP contribution in [0.4, 0.5) is 5.69 Å². The third kappa shape index (κ3) is 3.47. The van der Waals surface area contributed by atoms with E-state index in [-0.39, 0.29) is 6.04 Å². The fourth-order valence-corrected chi connectivity index (χ4v) is 3.37. The Morgan fingerprint density at radius 1 is 1.29 bits per heavy atom. The molecule has 4 heteroatoms. The molecule has 0 aliphatic carbocycles. The Hall–Kier alpha value is -0.510. The smallest absolute Gasteiger partial charge is 0.0932 e. The molecule has 2 rings (SSSR count). The monoisotopic (exact) mass is 329 g/mol. The van der Waals surface area contributed by atoms with E-state index in [1.165, 1.54) is 10.4 Å². The number of nitrogens with one attached hydrogen (secondary N) is 1. The topological polar surface area (TPSA) is 12.0 Å². The summed E-state index contributed by atoms with van der Waals surface area (Å²) >= 11 is 11.1. The van der Waals surface area contributed by atoms with Crippen LogP contribution in [0.15, 0.2) is 34.8 Å². The van der Waals surface area contributed by atoms with Crippen molar-refractivity contribution < 1.29 is 0 Å². The molecule has 0 amide bonds. The zero-order valence-electron chi connectivity index (χ0n) is 9.63. The molecule has 0 saturated carbocycles. The molecular weight excluding hydrogens is 318 g/mol. The summed E-state index contributed by atoms with van der Waals surface area (Å²) in [7, 11) is 0. The van der Waals surface area contributed by atoms with Crippen LogP contribution in [0.3, 0.4) is 0 Å². The zero-order valence-corrected chi connectivity index (χ0v) is 12.8. The van der Waals surface area contributed by atoms with E-state index in [1.807, 2.05) is 6.07 Å². The van der Waals surface area contributed by atoms with Gasteiger partial charge in [0.25, 0.3) is 0 Å². The van der Waals surface area contributed by atoms with Crippen molar-refractivity contribution in [1.29, 1.82) is 0 Å². The summed E-state index contributed by atoms with van der Waals surface area (Å²) in [5.74, 6) is 0. The minimum absolute atomic E-state index is 0.265. The number of aryl methyl sites for hydroxylation is 1. The lowest BCUT2D eigenvalue weighted by Gasteiger charge is -2.14. The van der Waals surface area contributed by atoms with Crippen molar-refractivity contribution in [3.63, 3.8) is 0 Å². The number of hydrogen-bond acceptors (Lipinski definition) is 2. The Morgan fingerprint density at radius 2 is 2.06 bits per heavy atom. The molecule has 0 saturated heterocycles. The molecule has 0 radical (unpaired) electrons. The minimum atomic E-state index is 0.265. The summed E-state index contributed by atoms with van der Waals surface area (Å²) in [6.45, 7) is 4.22. The maximum Gasteiger partial charge on any atom is 0.0932 e. The fourth-order valence-electron chi connectivity index (χ4n) is 1.70. The lowest BCUT2D eigenvalue weighted by atomic mass is 10.2. The van der Waals surface area contributed by atoms with E-state index in [0.29, 0.717) is 0 Å². The molecule has 0 aliphatic rings. The van der Waals surface area contributed by atoms with Gasteiger partial charge in [-0.3, -0.25) is 0 Å². The largest absolute Gasteiger partial charge is 0.378 e. The maximum atomic E-state index is 5.94. The first-order valence-electron chi connectivity index (χ1n) is 5.33. The van der Waals surface area contributed by atoms with Crippen molar-refractivity contribution in [2.45, 2.75) is 19.9 Å². The lowest BCUT2D eigenvalue weighted by molar-refractivity contribution is 0.907. The van der Waals surface area contributed by atoms with E-state index in [4.69, 9.17) is 11.6 Å². The normalized spacial score (nSPS) is 12.5. The summed E-state index contributed by atoms with van der Waals surface area (Å²) in [6.07, 6.45) is 0. The molecule has 1 aromatic heterocycles. The van der Waals surface area contributed by atoms with Crippen LogP contribution < -0.4 is 5.32 Å². The van der Waals surface area contributed by atoms with Crippen LogP contribution in [-0.4, -0.2) is 0 Å². The summed E-state index contributed by atoms with van der Waals surface area (Å²) < 4.78 is 1.93. The highest BCUT2D eigenvalue weighted by Gasteiger charge is 2.08. The maximum absolute atomic E-state index is 5.94. The number of rotatable bonds is 3. The van der Waals surface area contributed by atoms with Gasteiger partial charge in [-0.2, -0.15) is 0 Å². The predicted molar refractivity (Wildman–Crippen MR) is 80.2 cm³/mol. The highest BCUT2D eigenvalue weighted by Crippen LogP contribution is 2.30. The number of thiophene rings is 1. The molecule has 0 fully saturated rings. The first kappa shape index (κ1) is 12.9. The van der Waals surface area contributed by atoms with E-state index < -0.39 is 0 Å². The fraction of sp³-hybridized carbons (Fsp3) is 0.231. The van der Waals surface area contributed by atoms with Gasteiger partial charge in [0, 0.05) is 15.0 Å². The third-order valence-corrected chi connectivity index (χ3v) is 4.32. The molecule has 17 heavy (non-hydrogen) atoms. The molecule has 0 spiro atoms. The van der Waals surface area contributed by atoms with Crippen LogP contribution in [0.2, 0.25) is 4.34 Å². The van der Waals surface area contributed by atoms with Crippen LogP contribution in [0, 0.1) is 6.92 Å². The van der Waals surface area contributed by atoms with Gasteiger partial charge in [0.15, 0.2) is 0 Å². The molecule has 2 aromatic rings. The van der Waals surface area contributed by atoms with E-state index in [1.54, 1.807) is 11.3 Å². The second-order valence-corrected chi connectivity index (χ2v) is 6.69. The molecule has 1 atom stereocenters. The van der Waals surface area contributed by atoms with Crippen LogP contribution in [0.25, 0.3) is 0 Å². The van der Waals surface area contributed by atoms with Crippen molar-refractivity contribution in [2.24, 2.45) is 0 Å². The average molecular weight is 331 g/mol. The molecular formula is C13H13BrClNS. The Morgan fingerprint density at radius 3 is 2.65 bits per heavy atom. The molecule has 0 bridgehead atoms. The van der Waals surface area contributed by atoms with Gasteiger partial charge in [0.2, 0.25) is 0 Å². The van der Waals surface area contributed by atoms with E-state index in [2.05, 4.69) is 59.4 Å². The Labute approximate surface area is 119 Å². The first-order valence-corrected chi connectivity index (χ1v) is 7.32. The number of anilines is 1. The quantitative estimate of drug-likeness (QED) is 0.767. The summed E-state index contributed by atoms with van der Waals surface area (Å²) in [5, 5.41) is 3.47. The number of hydrogen-bond donors (Lipinski definition) is 1. The van der Waals surface area contributed by atoms with Gasteiger partial charge in [-0.25, -0.2) is 0 Å². The Bertz CT molecular complexity index is 504. The van der Waals surface area contributed by atoms with Crippen molar-refractivity contribution in [1.82, 2.24) is 0 Å². The summed E-state index contributed by atoms with van der Waals surface area (Å²) in [6, 6.07) is 10.6. The van der Waals surface area contributed by atoms with Gasteiger partial charge >= 0.3 is 0 Å². The van der Waals surface area contributed by atoms with Crippen LogP contribution in [0.5, 0.6) is 0 Å². The van der Waals surface area contributed by atoms with Gasteiger partial charge in [-0.15, -0.1) is 11.3 Å². The van der Waals surface area contributed by atoms with E-state index >= 15 is 0 Å². The zero-order chi connectivity index (χ0) is 12.4. The minimum Gasteiger partial charge on any atom is -0.378 e. The van der Waals surface area contributed by atoms with E-state index in [9.17, 15) is 0 Å². The SMILES string of the molecule is Cc1cc(Br)cc(NC(C)c2ccc(Cl)s2)c1. The predicted octanol–water partition coefficient (Wildman–Crippen LogP) is 5.65. The van der Waals surface area contributed by atoms with Crippen LogP contribution in [0.1, 0.15) is 23.4 Å². The van der Waals surface area contributed by atoms with Gasteiger partial charge < -0.3 is 5.32 Å². The standard InChI is InChI=1S/C13H13BrClNS/c1-8-5-10(14)7-11(6-8)16-9(2)12-3-4-13(15)17-12/h3-7,9,16H,1-2H3. The number of halogens is 2. The summed E-state index contributed by atoms with van der Waals surface area (Å²) in [4.78, 5) is 1.24. The van der Waals surface area contributed by atoms with Gasteiger partial charge in [0.1, 0.15) is 0 Å². The molecule has 1 unspecified atom stereocenters. The van der Waals surface area contributed by atoms with Gasteiger partial charge in [-0.1, -0.05) is 27.5 Å². The van der Waals surface area contributed by atoms with Crippen molar-refractivity contribution in [2.75, 3.05) is 5.32 Å².